The van der Waals surface area contributed by atoms with Crippen molar-refractivity contribution in [2.75, 3.05) is 32.5 Å². The predicted octanol–water partition coefficient (Wildman–Crippen LogP) is 3.53. The van der Waals surface area contributed by atoms with Crippen LogP contribution in [0.3, 0.4) is 0 Å². The molecule has 1 unspecified atom stereocenters. The fourth-order valence-electron chi connectivity index (χ4n) is 5.24. The van der Waals surface area contributed by atoms with Gasteiger partial charge in [0.05, 0.1) is 12.1 Å². The van der Waals surface area contributed by atoms with Crippen LogP contribution in [0.2, 0.25) is 0 Å². The lowest BCUT2D eigenvalue weighted by atomic mass is 10.0. The van der Waals surface area contributed by atoms with Crippen molar-refractivity contribution in [2.45, 2.75) is 51.9 Å². The summed E-state index contributed by atoms with van der Waals surface area (Å²) in [7, 11) is 1.69. The van der Waals surface area contributed by atoms with Gasteiger partial charge in [-0.3, -0.25) is 14.4 Å². The molecular weight excluding hydrogens is 600 g/mol. The van der Waals surface area contributed by atoms with E-state index < -0.39 is 42.3 Å². The average Bonchev–Trinajstić information content (AvgIpc) is 3.42. The van der Waals surface area contributed by atoms with E-state index in [1.165, 1.54) is 4.90 Å². The number of rotatable bonds is 16. The highest BCUT2D eigenvalue weighted by Crippen LogP contribution is 2.32. The number of nitrogens with one attached hydrogen (secondary N) is 3. The molecule has 45 heavy (non-hydrogen) atoms. The first-order valence-corrected chi connectivity index (χ1v) is 15.6. The number of aliphatic hydroxyl groups excluding tert-OH is 1. The maximum absolute atomic E-state index is 14.8. The summed E-state index contributed by atoms with van der Waals surface area (Å²) < 4.78 is 30.8. The van der Waals surface area contributed by atoms with Crippen LogP contribution in [0.15, 0.2) is 60.8 Å². The smallest absolute Gasteiger partial charge is 0.248 e. The Bertz CT molecular complexity index is 1440. The van der Waals surface area contributed by atoms with Crippen molar-refractivity contribution in [1.82, 2.24) is 25.4 Å². The summed E-state index contributed by atoms with van der Waals surface area (Å²) in [6, 6.07) is 12.7. The molecule has 0 aliphatic carbocycles. The maximum Gasteiger partial charge on any atom is 0.248 e. The van der Waals surface area contributed by atoms with Crippen molar-refractivity contribution < 1.29 is 28.3 Å². The molecule has 0 saturated heterocycles. The van der Waals surface area contributed by atoms with Crippen molar-refractivity contribution >= 4 is 30.4 Å². The number of benzene rings is 2. The molecule has 3 atom stereocenters. The number of aliphatic hydroxyl groups is 1. The first-order valence-electron chi connectivity index (χ1n) is 15.0. The number of thiol groups is 1. The van der Waals surface area contributed by atoms with Crippen molar-refractivity contribution in [3.8, 4) is 11.1 Å². The van der Waals surface area contributed by atoms with Crippen LogP contribution in [0.1, 0.15) is 44.5 Å². The number of likely N-dealkylation sites (N-methyl/N-ethyl adjacent to an activating group) is 1. The van der Waals surface area contributed by atoms with Gasteiger partial charge in [-0.2, -0.15) is 12.6 Å². The van der Waals surface area contributed by atoms with Gasteiger partial charge in [0.15, 0.2) is 0 Å². The summed E-state index contributed by atoms with van der Waals surface area (Å²) >= 11 is 4.54. The Labute approximate surface area is 268 Å². The van der Waals surface area contributed by atoms with E-state index >= 15 is 0 Å². The second kappa shape index (κ2) is 17.1. The third-order valence-electron chi connectivity index (χ3n) is 7.60. The molecule has 0 fully saturated rings. The molecule has 0 aliphatic heterocycles. The Hall–Kier alpha value is -3.74. The van der Waals surface area contributed by atoms with Gasteiger partial charge in [-0.15, -0.1) is 0 Å². The molecule has 0 aliphatic rings. The number of amides is 3. The average molecular weight is 644 g/mol. The highest BCUT2D eigenvalue weighted by atomic mass is 32.1. The summed E-state index contributed by atoms with van der Waals surface area (Å²) in [4.78, 5) is 39.7. The number of hydrogen-bond donors (Lipinski definition) is 5. The van der Waals surface area contributed by atoms with Crippen LogP contribution in [0, 0.1) is 17.6 Å². The van der Waals surface area contributed by atoms with Gasteiger partial charge in [-0.05, 0) is 56.1 Å². The number of hydrogen-bond acceptors (Lipinski definition) is 6. The highest BCUT2D eigenvalue weighted by Gasteiger charge is 2.28. The second-order valence-electron chi connectivity index (χ2n) is 11.2. The molecule has 3 rings (SSSR count). The zero-order chi connectivity index (χ0) is 33.1. The fraction of sp³-hybridized carbons (Fsp3) is 0.424. The molecule has 0 radical (unpaired) electrons. The Balaban J connectivity index is 1.80. The van der Waals surface area contributed by atoms with E-state index in [1.54, 1.807) is 26.2 Å². The molecule has 0 saturated carbocycles. The third kappa shape index (κ3) is 9.62. The minimum atomic E-state index is -0.768. The van der Waals surface area contributed by atoms with Gasteiger partial charge in [0.2, 0.25) is 17.7 Å². The van der Waals surface area contributed by atoms with Gasteiger partial charge in [-0.1, -0.05) is 44.2 Å². The van der Waals surface area contributed by atoms with Gasteiger partial charge in [0, 0.05) is 48.4 Å². The molecule has 1 aromatic heterocycles. The van der Waals surface area contributed by atoms with Gasteiger partial charge in [-0.25, -0.2) is 8.78 Å². The molecule has 0 spiro atoms. The minimum absolute atomic E-state index is 0.0397. The SMILES string of the molecule is CNC(C(=O)N[C@@H](C)C(=O)NCCCN(C(=O)CO)[C@H](CS)c1cc(-c2cc(F)ccc2F)cn1Cc1ccccc1)C(C)C. The molecular formula is C33H43F2N5O4S. The normalized spacial score (nSPS) is 13.3. The number of aromatic nitrogens is 1. The third-order valence-corrected chi connectivity index (χ3v) is 7.94. The van der Waals surface area contributed by atoms with Crippen molar-refractivity contribution in [3.63, 3.8) is 0 Å². The number of nitrogens with zero attached hydrogens (tertiary/aromatic N) is 2. The van der Waals surface area contributed by atoms with E-state index in [0.29, 0.717) is 24.2 Å². The number of halogens is 2. The van der Waals surface area contributed by atoms with E-state index in [9.17, 15) is 28.3 Å². The summed E-state index contributed by atoms with van der Waals surface area (Å²) in [6.07, 6.45) is 2.06. The number of carbonyl (C=O) groups excluding carboxylic acids is 3. The van der Waals surface area contributed by atoms with E-state index in [0.717, 1.165) is 23.8 Å². The van der Waals surface area contributed by atoms with Gasteiger partial charge in [0.1, 0.15) is 24.3 Å². The van der Waals surface area contributed by atoms with Gasteiger partial charge < -0.3 is 30.5 Å². The quantitative estimate of drug-likeness (QED) is 0.121. The molecule has 12 heteroatoms. The lowest BCUT2D eigenvalue weighted by Gasteiger charge is -2.31. The van der Waals surface area contributed by atoms with Crippen LogP contribution in [0.5, 0.6) is 0 Å². The van der Waals surface area contributed by atoms with E-state index in [4.69, 9.17) is 0 Å². The molecule has 3 aromatic rings. The molecule has 0 bridgehead atoms. The fourth-order valence-corrected chi connectivity index (χ4v) is 5.62. The summed E-state index contributed by atoms with van der Waals surface area (Å²) in [5.74, 6) is -2.14. The zero-order valence-corrected chi connectivity index (χ0v) is 27.0. The molecule has 1 heterocycles. The largest absolute Gasteiger partial charge is 0.387 e. The Morgan fingerprint density at radius 2 is 1.73 bits per heavy atom. The van der Waals surface area contributed by atoms with E-state index in [1.807, 2.05) is 48.7 Å². The maximum atomic E-state index is 14.8. The van der Waals surface area contributed by atoms with Crippen LogP contribution in [-0.2, 0) is 20.9 Å². The second-order valence-corrected chi connectivity index (χ2v) is 11.6. The van der Waals surface area contributed by atoms with Gasteiger partial charge in [0.25, 0.3) is 0 Å². The highest BCUT2D eigenvalue weighted by molar-refractivity contribution is 7.80. The Kier molecular flexibility index (Phi) is 13.6. The van der Waals surface area contributed by atoms with Crippen LogP contribution in [0.4, 0.5) is 8.78 Å². The molecule has 244 valence electrons. The topological polar surface area (TPSA) is 116 Å². The summed E-state index contributed by atoms with van der Waals surface area (Å²) in [6.45, 7) is 5.43. The molecule has 9 nitrogen and oxygen atoms in total. The standard InChI is InChI=1S/C33H43F2N5O4S/c1-21(2)31(36-4)33(44)38-22(3)32(43)37-13-8-14-40(30(42)19-41)29(20-45)28-15-24(26-16-25(34)11-12-27(26)35)18-39(28)17-23-9-6-5-7-10-23/h5-7,9-12,15-16,18,21-22,29,31,36,41,45H,8,13-14,17,19-20H2,1-4H3,(H,37,43)(H,38,44)/t22-,29+,31?/m0/s1. The lowest BCUT2D eigenvalue weighted by Crippen LogP contribution is -2.52. The summed E-state index contributed by atoms with van der Waals surface area (Å²) in [5.41, 5.74) is 2.09. The Morgan fingerprint density at radius 1 is 1.02 bits per heavy atom. The van der Waals surface area contributed by atoms with E-state index in [2.05, 4.69) is 28.6 Å². The minimum Gasteiger partial charge on any atom is -0.387 e. The lowest BCUT2D eigenvalue weighted by molar-refractivity contribution is -0.136. The molecule has 4 N–H and O–H groups in total. The summed E-state index contributed by atoms with van der Waals surface area (Å²) in [5, 5.41) is 18.3. The van der Waals surface area contributed by atoms with Crippen molar-refractivity contribution in [1.29, 1.82) is 0 Å². The van der Waals surface area contributed by atoms with Crippen LogP contribution >= 0.6 is 12.6 Å². The van der Waals surface area contributed by atoms with Crippen LogP contribution < -0.4 is 16.0 Å². The van der Waals surface area contributed by atoms with E-state index in [-0.39, 0.29) is 42.1 Å². The monoisotopic (exact) mass is 643 g/mol. The van der Waals surface area contributed by atoms with Gasteiger partial charge >= 0.3 is 0 Å². The first-order chi connectivity index (χ1) is 21.5. The Morgan fingerprint density at radius 3 is 2.36 bits per heavy atom. The van der Waals surface area contributed by atoms with Crippen molar-refractivity contribution in [3.05, 3.63) is 83.7 Å². The predicted molar refractivity (Wildman–Crippen MR) is 174 cm³/mol. The first kappa shape index (κ1) is 35.7. The van der Waals surface area contributed by atoms with Crippen molar-refractivity contribution in [2.24, 2.45) is 5.92 Å². The molecule has 2 aromatic carbocycles. The molecule has 3 amide bonds. The zero-order valence-electron chi connectivity index (χ0n) is 26.1. The van der Waals surface area contributed by atoms with Crippen LogP contribution in [0.25, 0.3) is 11.1 Å². The number of carbonyl (C=O) groups is 3. The van der Waals surface area contributed by atoms with Crippen LogP contribution in [-0.4, -0.2) is 76.9 Å².